The van der Waals surface area contributed by atoms with Gasteiger partial charge in [0.05, 0.1) is 0 Å². The second-order valence-corrected chi connectivity index (χ2v) is 4.81. The molecule has 1 N–H and O–H groups in total. The molecule has 1 rings (SSSR count). The van der Waals surface area contributed by atoms with Gasteiger partial charge in [0.15, 0.2) is 0 Å². The molecule has 1 atom stereocenters. The number of nitrogens with one attached hydrogen (secondary N) is 1. The third-order valence-corrected chi connectivity index (χ3v) is 3.42. The summed E-state index contributed by atoms with van der Waals surface area (Å²) in [7, 11) is 0. The summed E-state index contributed by atoms with van der Waals surface area (Å²) in [6, 6.07) is 2.79. The Bertz CT molecular complexity index is 363. The van der Waals surface area contributed by atoms with Gasteiger partial charge in [-0.05, 0) is 50.9 Å². The molecule has 0 aliphatic carbocycles. The smallest absolute Gasteiger partial charge is 0.131 e. The Hall–Kier alpha value is -1.09. The van der Waals surface area contributed by atoms with Gasteiger partial charge in [-0.2, -0.15) is 0 Å². The van der Waals surface area contributed by atoms with Gasteiger partial charge in [-0.1, -0.05) is 13.8 Å². The average molecular weight is 249 g/mol. The summed E-state index contributed by atoms with van der Waals surface area (Å²) in [6.07, 6.45) is 3.14. The van der Waals surface area contributed by atoms with Crippen LogP contribution in [0.15, 0.2) is 12.3 Å². The molecular weight excluding hydrogens is 222 g/mol. The summed E-state index contributed by atoms with van der Waals surface area (Å²) < 4.78 is 0. The second-order valence-electron chi connectivity index (χ2n) is 4.81. The van der Waals surface area contributed by atoms with Crippen LogP contribution < -0.4 is 10.2 Å². The minimum Gasteiger partial charge on any atom is -0.354 e. The van der Waals surface area contributed by atoms with Crippen LogP contribution in [0.25, 0.3) is 0 Å². The molecule has 0 aliphatic rings. The van der Waals surface area contributed by atoms with Crippen molar-refractivity contribution in [3.05, 3.63) is 23.4 Å². The first-order valence-corrected chi connectivity index (χ1v) is 7.06. The maximum Gasteiger partial charge on any atom is 0.131 e. The second kappa shape index (κ2) is 7.37. The summed E-state index contributed by atoms with van der Waals surface area (Å²) in [5.41, 5.74) is 2.53. The fourth-order valence-corrected chi connectivity index (χ4v) is 2.18. The number of aromatic nitrogens is 1. The highest BCUT2D eigenvalue weighted by Crippen LogP contribution is 2.21. The van der Waals surface area contributed by atoms with Gasteiger partial charge in [0.1, 0.15) is 5.82 Å². The maximum atomic E-state index is 4.66. The van der Waals surface area contributed by atoms with E-state index in [1.54, 1.807) is 0 Å². The van der Waals surface area contributed by atoms with E-state index in [1.165, 1.54) is 11.1 Å². The molecule has 0 saturated carbocycles. The SMILES string of the molecule is CCNCc1cnc(N(CC)C(C)CC)c(C)c1. The lowest BCUT2D eigenvalue weighted by molar-refractivity contribution is 0.620. The van der Waals surface area contributed by atoms with Crippen molar-refractivity contribution in [3.8, 4) is 0 Å². The van der Waals surface area contributed by atoms with Crippen molar-refractivity contribution in [2.75, 3.05) is 18.0 Å². The molecule has 18 heavy (non-hydrogen) atoms. The number of rotatable bonds is 7. The van der Waals surface area contributed by atoms with E-state index in [9.17, 15) is 0 Å². The molecule has 0 radical (unpaired) electrons. The van der Waals surface area contributed by atoms with Crippen LogP contribution in [0.1, 0.15) is 45.2 Å². The summed E-state index contributed by atoms with van der Waals surface area (Å²) in [5.74, 6) is 1.13. The van der Waals surface area contributed by atoms with Crippen molar-refractivity contribution in [2.24, 2.45) is 0 Å². The van der Waals surface area contributed by atoms with Gasteiger partial charge >= 0.3 is 0 Å². The van der Waals surface area contributed by atoms with Gasteiger partial charge in [0, 0.05) is 25.3 Å². The van der Waals surface area contributed by atoms with Gasteiger partial charge in [0.25, 0.3) is 0 Å². The number of hydrogen-bond donors (Lipinski definition) is 1. The minimum absolute atomic E-state index is 0.542. The van der Waals surface area contributed by atoms with E-state index in [4.69, 9.17) is 0 Å². The minimum atomic E-state index is 0.542. The van der Waals surface area contributed by atoms with E-state index in [1.807, 2.05) is 6.20 Å². The van der Waals surface area contributed by atoms with E-state index < -0.39 is 0 Å². The summed E-state index contributed by atoms with van der Waals surface area (Å²) >= 11 is 0. The van der Waals surface area contributed by atoms with Crippen LogP contribution in [-0.2, 0) is 6.54 Å². The molecule has 0 bridgehead atoms. The van der Waals surface area contributed by atoms with Crippen LogP contribution in [0.2, 0.25) is 0 Å². The average Bonchev–Trinajstić information content (AvgIpc) is 2.39. The van der Waals surface area contributed by atoms with Crippen LogP contribution >= 0.6 is 0 Å². The molecule has 0 aliphatic heterocycles. The number of anilines is 1. The monoisotopic (exact) mass is 249 g/mol. The first-order valence-electron chi connectivity index (χ1n) is 7.06. The van der Waals surface area contributed by atoms with E-state index in [0.29, 0.717) is 6.04 Å². The van der Waals surface area contributed by atoms with Gasteiger partial charge < -0.3 is 10.2 Å². The lowest BCUT2D eigenvalue weighted by atomic mass is 10.1. The highest BCUT2D eigenvalue weighted by atomic mass is 15.2. The Morgan fingerprint density at radius 1 is 1.33 bits per heavy atom. The lowest BCUT2D eigenvalue weighted by Crippen LogP contribution is -2.33. The Balaban J connectivity index is 2.89. The normalized spacial score (nSPS) is 12.5. The molecule has 1 aromatic rings. The fraction of sp³-hybridized carbons (Fsp3) is 0.667. The lowest BCUT2D eigenvalue weighted by Gasteiger charge is -2.29. The predicted molar refractivity (Wildman–Crippen MR) is 79.1 cm³/mol. The van der Waals surface area contributed by atoms with Crippen LogP contribution in [0.3, 0.4) is 0 Å². The first kappa shape index (κ1) is 15.0. The summed E-state index contributed by atoms with van der Waals surface area (Å²) in [6.45, 7) is 13.9. The zero-order valence-corrected chi connectivity index (χ0v) is 12.5. The van der Waals surface area contributed by atoms with Crippen molar-refractivity contribution >= 4 is 5.82 Å². The van der Waals surface area contributed by atoms with Gasteiger partial charge in [-0.15, -0.1) is 0 Å². The van der Waals surface area contributed by atoms with E-state index >= 15 is 0 Å². The Kier molecular flexibility index (Phi) is 6.13. The zero-order chi connectivity index (χ0) is 13.5. The van der Waals surface area contributed by atoms with Crippen LogP contribution in [0.5, 0.6) is 0 Å². The maximum absolute atomic E-state index is 4.66. The quantitative estimate of drug-likeness (QED) is 0.804. The molecule has 1 unspecified atom stereocenters. The standard InChI is InChI=1S/C15H27N3/c1-6-13(5)18(8-3)15-12(4)9-14(11-17-15)10-16-7-2/h9,11,13,16H,6-8,10H2,1-5H3. The van der Waals surface area contributed by atoms with Crippen LogP contribution in [-0.4, -0.2) is 24.1 Å². The highest BCUT2D eigenvalue weighted by molar-refractivity contribution is 5.48. The molecule has 1 heterocycles. The molecule has 0 fully saturated rings. The Labute approximate surface area is 112 Å². The number of nitrogens with zero attached hydrogens (tertiary/aromatic N) is 2. The van der Waals surface area contributed by atoms with Crippen LogP contribution in [0, 0.1) is 6.92 Å². The van der Waals surface area contributed by atoms with Crippen molar-refractivity contribution < 1.29 is 0 Å². The topological polar surface area (TPSA) is 28.2 Å². The third-order valence-electron chi connectivity index (χ3n) is 3.42. The predicted octanol–water partition coefficient (Wildman–Crippen LogP) is 3.12. The van der Waals surface area contributed by atoms with E-state index in [2.05, 4.69) is 55.9 Å². The van der Waals surface area contributed by atoms with Crippen molar-refractivity contribution in [1.82, 2.24) is 10.3 Å². The molecular formula is C15H27N3. The van der Waals surface area contributed by atoms with E-state index in [0.717, 1.165) is 31.9 Å². The largest absolute Gasteiger partial charge is 0.354 e. The van der Waals surface area contributed by atoms with Gasteiger partial charge in [-0.25, -0.2) is 4.98 Å². The van der Waals surface area contributed by atoms with E-state index in [-0.39, 0.29) is 0 Å². The van der Waals surface area contributed by atoms with Crippen molar-refractivity contribution in [2.45, 2.75) is 53.6 Å². The molecule has 3 heteroatoms. The molecule has 0 saturated heterocycles. The Morgan fingerprint density at radius 2 is 2.06 bits per heavy atom. The fourth-order valence-electron chi connectivity index (χ4n) is 2.18. The molecule has 0 aromatic carbocycles. The van der Waals surface area contributed by atoms with Gasteiger partial charge in [0.2, 0.25) is 0 Å². The Morgan fingerprint density at radius 3 is 2.56 bits per heavy atom. The first-order chi connectivity index (χ1) is 8.63. The number of hydrogen-bond acceptors (Lipinski definition) is 3. The summed E-state index contributed by atoms with van der Waals surface area (Å²) in [4.78, 5) is 7.04. The highest BCUT2D eigenvalue weighted by Gasteiger charge is 2.14. The van der Waals surface area contributed by atoms with Crippen molar-refractivity contribution in [3.63, 3.8) is 0 Å². The zero-order valence-electron chi connectivity index (χ0n) is 12.5. The number of pyridine rings is 1. The summed E-state index contributed by atoms with van der Waals surface area (Å²) in [5, 5.41) is 3.33. The van der Waals surface area contributed by atoms with Gasteiger partial charge in [-0.3, -0.25) is 0 Å². The number of aryl methyl sites for hydroxylation is 1. The molecule has 1 aromatic heterocycles. The van der Waals surface area contributed by atoms with Crippen LogP contribution in [0.4, 0.5) is 5.82 Å². The molecule has 3 nitrogen and oxygen atoms in total. The molecule has 0 amide bonds. The van der Waals surface area contributed by atoms with Crippen molar-refractivity contribution in [1.29, 1.82) is 0 Å². The molecule has 0 spiro atoms. The third kappa shape index (κ3) is 3.70. The molecule has 102 valence electrons.